The molecule has 4 nitrogen and oxygen atoms in total. The lowest BCUT2D eigenvalue weighted by Gasteiger charge is -2.19. The second-order valence-electron chi connectivity index (χ2n) is 4.90. The molecule has 1 aliphatic heterocycles. The van der Waals surface area contributed by atoms with Gasteiger partial charge in [-0.1, -0.05) is 6.07 Å². The number of anilines is 2. The Kier molecular flexibility index (Phi) is 3.86. The summed E-state index contributed by atoms with van der Waals surface area (Å²) in [5, 5.41) is 1.67. The summed E-state index contributed by atoms with van der Waals surface area (Å²) < 4.78 is 40.7. The minimum absolute atomic E-state index is 0.00667. The average Bonchev–Trinajstić information content (AvgIpc) is 3.14. The van der Waals surface area contributed by atoms with Crippen molar-refractivity contribution in [2.45, 2.75) is 17.1 Å². The summed E-state index contributed by atoms with van der Waals surface area (Å²) in [5.41, 5.74) is 0.838. The first-order valence-corrected chi connectivity index (χ1v) is 9.03. The van der Waals surface area contributed by atoms with Gasteiger partial charge in [0.1, 0.15) is 10.0 Å². The number of halogens is 1. The summed E-state index contributed by atoms with van der Waals surface area (Å²) in [6.45, 7) is 1.84. The van der Waals surface area contributed by atoms with Crippen LogP contribution in [0.15, 0.2) is 39.9 Å². The van der Waals surface area contributed by atoms with Crippen molar-refractivity contribution in [3.8, 4) is 0 Å². The van der Waals surface area contributed by atoms with Crippen LogP contribution in [0.4, 0.5) is 15.8 Å². The SMILES string of the molecule is O=S(=O)(Nc1cc(N2CCCC2)ccc1F)c1cccs1. The maximum absolute atomic E-state index is 13.9. The molecule has 1 N–H and O–H groups in total. The number of benzene rings is 1. The van der Waals surface area contributed by atoms with E-state index in [1.165, 1.54) is 12.1 Å². The Morgan fingerprint density at radius 3 is 2.62 bits per heavy atom. The predicted octanol–water partition coefficient (Wildman–Crippen LogP) is 3.29. The molecule has 1 aromatic heterocycles. The molecular weight excluding hydrogens is 311 g/mol. The standard InChI is InChI=1S/C14H15FN2O2S2/c15-12-6-5-11(17-7-1-2-8-17)10-13(12)16-21(18,19)14-4-3-9-20-14/h3-6,9-10,16H,1-2,7-8H2. The van der Waals surface area contributed by atoms with E-state index >= 15 is 0 Å². The van der Waals surface area contributed by atoms with E-state index in [9.17, 15) is 12.8 Å². The topological polar surface area (TPSA) is 49.4 Å². The summed E-state index contributed by atoms with van der Waals surface area (Å²) in [4.78, 5) is 2.13. The lowest BCUT2D eigenvalue weighted by Crippen LogP contribution is -2.18. The van der Waals surface area contributed by atoms with Crippen molar-refractivity contribution in [1.82, 2.24) is 0 Å². The first-order valence-electron chi connectivity index (χ1n) is 6.67. The van der Waals surface area contributed by atoms with Gasteiger partial charge in [0, 0.05) is 18.8 Å². The van der Waals surface area contributed by atoms with Crippen LogP contribution < -0.4 is 9.62 Å². The van der Waals surface area contributed by atoms with Gasteiger partial charge in [-0.2, -0.15) is 0 Å². The Morgan fingerprint density at radius 1 is 1.19 bits per heavy atom. The molecule has 0 unspecified atom stereocenters. The second kappa shape index (κ2) is 5.65. The quantitative estimate of drug-likeness (QED) is 0.938. The minimum Gasteiger partial charge on any atom is -0.371 e. The van der Waals surface area contributed by atoms with Crippen LogP contribution in [0, 0.1) is 5.82 Å². The van der Waals surface area contributed by atoms with E-state index in [2.05, 4.69) is 9.62 Å². The monoisotopic (exact) mass is 326 g/mol. The molecule has 112 valence electrons. The third kappa shape index (κ3) is 3.03. The van der Waals surface area contributed by atoms with Crippen LogP contribution in [0.5, 0.6) is 0 Å². The highest BCUT2D eigenvalue weighted by molar-refractivity contribution is 7.94. The molecule has 0 atom stereocenters. The number of thiophene rings is 1. The molecule has 0 spiro atoms. The number of rotatable bonds is 4. The minimum atomic E-state index is -3.72. The van der Waals surface area contributed by atoms with Gasteiger partial charge in [-0.15, -0.1) is 11.3 Å². The molecule has 1 aliphatic rings. The van der Waals surface area contributed by atoms with Crippen molar-refractivity contribution in [2.75, 3.05) is 22.7 Å². The molecule has 21 heavy (non-hydrogen) atoms. The molecule has 0 amide bonds. The lowest BCUT2D eigenvalue weighted by atomic mass is 10.2. The first-order chi connectivity index (χ1) is 10.1. The molecule has 0 radical (unpaired) electrons. The fraction of sp³-hybridized carbons (Fsp3) is 0.286. The number of sulfonamides is 1. The molecule has 2 aromatic rings. The molecule has 3 rings (SSSR count). The fourth-order valence-electron chi connectivity index (χ4n) is 2.37. The van der Waals surface area contributed by atoms with E-state index in [0.29, 0.717) is 0 Å². The largest absolute Gasteiger partial charge is 0.371 e. The van der Waals surface area contributed by atoms with Gasteiger partial charge in [-0.3, -0.25) is 4.72 Å². The van der Waals surface area contributed by atoms with Crippen LogP contribution in [0.25, 0.3) is 0 Å². The van der Waals surface area contributed by atoms with Gasteiger partial charge in [0.05, 0.1) is 5.69 Å². The van der Waals surface area contributed by atoms with Crippen LogP contribution in [0.2, 0.25) is 0 Å². The van der Waals surface area contributed by atoms with Crippen molar-refractivity contribution >= 4 is 32.7 Å². The third-order valence-corrected chi connectivity index (χ3v) is 6.19. The van der Waals surface area contributed by atoms with Crippen molar-refractivity contribution in [1.29, 1.82) is 0 Å². The number of hydrogen-bond acceptors (Lipinski definition) is 4. The number of nitrogens with one attached hydrogen (secondary N) is 1. The van der Waals surface area contributed by atoms with E-state index in [0.717, 1.165) is 43.0 Å². The van der Waals surface area contributed by atoms with Gasteiger partial charge < -0.3 is 4.90 Å². The average molecular weight is 326 g/mol. The molecule has 1 aromatic carbocycles. The summed E-state index contributed by atoms with van der Waals surface area (Å²) in [6.07, 6.45) is 2.21. The Hall–Kier alpha value is -1.60. The van der Waals surface area contributed by atoms with Crippen LogP contribution in [-0.2, 0) is 10.0 Å². The van der Waals surface area contributed by atoms with Crippen LogP contribution in [0.3, 0.4) is 0 Å². The van der Waals surface area contributed by atoms with Crippen molar-refractivity contribution in [3.63, 3.8) is 0 Å². The zero-order chi connectivity index (χ0) is 14.9. The highest BCUT2D eigenvalue weighted by Crippen LogP contribution is 2.28. The zero-order valence-corrected chi connectivity index (χ0v) is 12.9. The van der Waals surface area contributed by atoms with Crippen LogP contribution in [0.1, 0.15) is 12.8 Å². The Morgan fingerprint density at radius 2 is 1.95 bits per heavy atom. The molecule has 0 bridgehead atoms. The molecular formula is C14H15FN2O2S2. The summed E-state index contributed by atoms with van der Waals surface area (Å²) >= 11 is 1.10. The summed E-state index contributed by atoms with van der Waals surface area (Å²) in [5.74, 6) is -0.571. The first kappa shape index (κ1) is 14.3. The normalized spacial score (nSPS) is 15.4. The van der Waals surface area contributed by atoms with Crippen molar-refractivity contribution < 1.29 is 12.8 Å². The van der Waals surface area contributed by atoms with Gasteiger partial charge in [0.2, 0.25) is 0 Å². The van der Waals surface area contributed by atoms with E-state index in [-0.39, 0.29) is 9.90 Å². The van der Waals surface area contributed by atoms with Gasteiger partial charge in [-0.25, -0.2) is 12.8 Å². The Bertz CT molecular complexity index is 723. The van der Waals surface area contributed by atoms with Crippen LogP contribution >= 0.6 is 11.3 Å². The van der Waals surface area contributed by atoms with Crippen LogP contribution in [-0.4, -0.2) is 21.5 Å². The highest BCUT2D eigenvalue weighted by Gasteiger charge is 2.19. The molecule has 1 saturated heterocycles. The maximum atomic E-state index is 13.9. The maximum Gasteiger partial charge on any atom is 0.271 e. The molecule has 1 fully saturated rings. The molecule has 0 aliphatic carbocycles. The van der Waals surface area contributed by atoms with Gasteiger partial charge in [0.15, 0.2) is 0 Å². The molecule has 7 heteroatoms. The zero-order valence-electron chi connectivity index (χ0n) is 11.3. The lowest BCUT2D eigenvalue weighted by molar-refractivity contribution is 0.600. The number of nitrogens with zero attached hydrogens (tertiary/aromatic N) is 1. The van der Waals surface area contributed by atoms with E-state index < -0.39 is 15.8 Å². The van der Waals surface area contributed by atoms with Crippen molar-refractivity contribution in [3.05, 3.63) is 41.5 Å². The van der Waals surface area contributed by atoms with E-state index in [4.69, 9.17) is 0 Å². The second-order valence-corrected chi connectivity index (χ2v) is 7.75. The molecule has 2 heterocycles. The van der Waals surface area contributed by atoms with Gasteiger partial charge in [0.25, 0.3) is 10.0 Å². The third-order valence-electron chi connectivity index (χ3n) is 3.43. The smallest absolute Gasteiger partial charge is 0.271 e. The predicted molar refractivity (Wildman–Crippen MR) is 83.0 cm³/mol. The number of hydrogen-bond donors (Lipinski definition) is 1. The Labute approximate surface area is 127 Å². The Balaban J connectivity index is 1.89. The van der Waals surface area contributed by atoms with Gasteiger partial charge in [-0.05, 0) is 42.5 Å². The molecule has 0 saturated carbocycles. The fourth-order valence-corrected chi connectivity index (χ4v) is 4.43. The van der Waals surface area contributed by atoms with Gasteiger partial charge >= 0.3 is 0 Å². The summed E-state index contributed by atoms with van der Waals surface area (Å²) in [7, 11) is -3.72. The van der Waals surface area contributed by atoms with E-state index in [1.54, 1.807) is 23.6 Å². The highest BCUT2D eigenvalue weighted by atomic mass is 32.2. The van der Waals surface area contributed by atoms with E-state index in [1.807, 2.05) is 0 Å². The van der Waals surface area contributed by atoms with Crippen molar-refractivity contribution in [2.24, 2.45) is 0 Å². The summed E-state index contributed by atoms with van der Waals surface area (Å²) in [6, 6.07) is 7.70.